The van der Waals surface area contributed by atoms with Crippen LogP contribution in [-0.4, -0.2) is 30.9 Å². The predicted molar refractivity (Wildman–Crippen MR) is 99.9 cm³/mol. The molecule has 0 bridgehead atoms. The Balaban J connectivity index is 2.04. The van der Waals surface area contributed by atoms with E-state index in [1.807, 2.05) is 25.1 Å². The molecular weight excluding hydrogens is 316 g/mol. The van der Waals surface area contributed by atoms with E-state index < -0.39 is 0 Å². The standard InChI is InChI=1S/C20H28N2O3/c1-12(14-5-8-16(24-3)9-6-14)22-13(2)19(20(23)25-4)17-11-15(21)7-10-18(17)22/h7,10-12,14,16H,5-6,8-9,21H2,1-4H3/t12-,14?,16?/m1/s1. The molecule has 2 N–H and O–H groups in total. The maximum absolute atomic E-state index is 12.4. The molecule has 1 aliphatic rings. The van der Waals surface area contributed by atoms with Crippen LogP contribution in [0.3, 0.4) is 0 Å². The summed E-state index contributed by atoms with van der Waals surface area (Å²) in [6, 6.07) is 6.09. The number of carbonyl (C=O) groups excluding carboxylic acids is 1. The molecular formula is C20H28N2O3. The largest absolute Gasteiger partial charge is 0.465 e. The molecule has 5 heteroatoms. The molecule has 0 radical (unpaired) electrons. The van der Waals surface area contributed by atoms with Crippen molar-refractivity contribution in [2.45, 2.75) is 51.7 Å². The van der Waals surface area contributed by atoms with Crippen LogP contribution in [0.5, 0.6) is 0 Å². The lowest BCUT2D eigenvalue weighted by Crippen LogP contribution is -2.26. The fourth-order valence-corrected chi connectivity index (χ4v) is 4.36. The highest BCUT2D eigenvalue weighted by atomic mass is 16.5. The Kier molecular flexibility index (Phi) is 5.04. The summed E-state index contributed by atoms with van der Waals surface area (Å²) < 4.78 is 12.8. The molecule has 1 saturated carbocycles. The Labute approximate surface area is 149 Å². The third-order valence-electron chi connectivity index (χ3n) is 5.80. The minimum atomic E-state index is -0.304. The minimum Gasteiger partial charge on any atom is -0.465 e. The van der Waals surface area contributed by atoms with Crippen LogP contribution in [0.2, 0.25) is 0 Å². The van der Waals surface area contributed by atoms with Gasteiger partial charge in [0, 0.05) is 35.4 Å². The van der Waals surface area contributed by atoms with Gasteiger partial charge >= 0.3 is 5.97 Å². The summed E-state index contributed by atoms with van der Waals surface area (Å²) >= 11 is 0. The molecule has 0 unspecified atom stereocenters. The summed E-state index contributed by atoms with van der Waals surface area (Å²) in [6.45, 7) is 4.25. The van der Waals surface area contributed by atoms with Crippen LogP contribution < -0.4 is 5.73 Å². The topological polar surface area (TPSA) is 66.5 Å². The summed E-state index contributed by atoms with van der Waals surface area (Å²) in [4.78, 5) is 12.4. The summed E-state index contributed by atoms with van der Waals surface area (Å²) in [5.41, 5.74) is 9.25. The maximum Gasteiger partial charge on any atom is 0.340 e. The molecule has 0 spiro atoms. The van der Waals surface area contributed by atoms with Crippen molar-refractivity contribution in [3.63, 3.8) is 0 Å². The van der Waals surface area contributed by atoms with Crippen molar-refractivity contribution in [2.75, 3.05) is 20.0 Å². The molecule has 2 aromatic rings. The van der Waals surface area contributed by atoms with Gasteiger partial charge in [-0.05, 0) is 63.6 Å². The van der Waals surface area contributed by atoms with Crippen LogP contribution in [0.4, 0.5) is 5.69 Å². The first kappa shape index (κ1) is 17.8. The number of carbonyl (C=O) groups is 1. The second-order valence-electron chi connectivity index (χ2n) is 7.11. The predicted octanol–water partition coefficient (Wildman–Crippen LogP) is 4.08. The van der Waals surface area contributed by atoms with E-state index >= 15 is 0 Å². The molecule has 1 atom stereocenters. The van der Waals surface area contributed by atoms with E-state index in [1.54, 1.807) is 7.11 Å². The van der Waals surface area contributed by atoms with Crippen LogP contribution in [0.15, 0.2) is 18.2 Å². The molecule has 5 nitrogen and oxygen atoms in total. The first-order valence-electron chi connectivity index (χ1n) is 8.99. The third kappa shape index (κ3) is 3.13. The van der Waals surface area contributed by atoms with Crippen LogP contribution >= 0.6 is 0 Å². The van der Waals surface area contributed by atoms with Gasteiger partial charge in [0.15, 0.2) is 0 Å². The Morgan fingerprint density at radius 3 is 2.52 bits per heavy atom. The van der Waals surface area contributed by atoms with E-state index in [0.29, 0.717) is 29.3 Å². The molecule has 0 amide bonds. The Morgan fingerprint density at radius 2 is 1.92 bits per heavy atom. The number of nitrogens with zero attached hydrogens (tertiary/aromatic N) is 1. The van der Waals surface area contributed by atoms with Crippen LogP contribution in [0, 0.1) is 12.8 Å². The van der Waals surface area contributed by atoms with E-state index in [2.05, 4.69) is 11.5 Å². The zero-order valence-electron chi connectivity index (χ0n) is 15.5. The van der Waals surface area contributed by atoms with Crippen molar-refractivity contribution in [1.29, 1.82) is 0 Å². The fraction of sp³-hybridized carbons (Fsp3) is 0.550. The number of rotatable bonds is 4. The number of benzene rings is 1. The number of fused-ring (bicyclic) bond motifs is 1. The van der Waals surface area contributed by atoms with Gasteiger partial charge in [-0.3, -0.25) is 0 Å². The second-order valence-corrected chi connectivity index (χ2v) is 7.11. The van der Waals surface area contributed by atoms with E-state index in [4.69, 9.17) is 15.2 Å². The van der Waals surface area contributed by atoms with Crippen LogP contribution in [0.25, 0.3) is 10.9 Å². The van der Waals surface area contributed by atoms with Gasteiger partial charge in [0.25, 0.3) is 0 Å². The number of hydrogen-bond donors (Lipinski definition) is 1. The SMILES string of the molecule is COC(=O)c1c(C)n([C@H](C)C2CCC(OC)CC2)c2ccc(N)cc12. The number of ether oxygens (including phenoxy) is 2. The summed E-state index contributed by atoms with van der Waals surface area (Å²) in [5.74, 6) is 0.269. The van der Waals surface area contributed by atoms with Crippen molar-refractivity contribution >= 4 is 22.6 Å². The molecule has 136 valence electrons. The van der Waals surface area contributed by atoms with Gasteiger partial charge in [-0.1, -0.05) is 0 Å². The van der Waals surface area contributed by atoms with Gasteiger partial charge < -0.3 is 19.8 Å². The van der Waals surface area contributed by atoms with Crippen LogP contribution in [-0.2, 0) is 9.47 Å². The summed E-state index contributed by atoms with van der Waals surface area (Å²) in [6.07, 6.45) is 4.86. The third-order valence-corrected chi connectivity index (χ3v) is 5.80. The highest BCUT2D eigenvalue weighted by Crippen LogP contribution is 2.38. The molecule has 0 saturated heterocycles. The fourth-order valence-electron chi connectivity index (χ4n) is 4.36. The minimum absolute atomic E-state index is 0.304. The normalized spacial score (nSPS) is 22.1. The molecule has 1 heterocycles. The highest BCUT2D eigenvalue weighted by molar-refractivity contribution is 6.06. The Hall–Kier alpha value is -2.01. The number of nitrogens with two attached hydrogens (primary N) is 1. The van der Waals surface area contributed by atoms with Crippen molar-refractivity contribution in [3.05, 3.63) is 29.5 Å². The van der Waals surface area contributed by atoms with Crippen molar-refractivity contribution in [2.24, 2.45) is 5.92 Å². The number of anilines is 1. The summed E-state index contributed by atoms with van der Waals surface area (Å²) in [5, 5.41) is 0.877. The van der Waals surface area contributed by atoms with E-state index in [1.165, 1.54) is 7.11 Å². The first-order chi connectivity index (χ1) is 12.0. The monoisotopic (exact) mass is 344 g/mol. The highest BCUT2D eigenvalue weighted by Gasteiger charge is 2.30. The Morgan fingerprint density at radius 1 is 1.24 bits per heavy atom. The van der Waals surface area contributed by atoms with Crippen molar-refractivity contribution in [1.82, 2.24) is 4.57 Å². The van der Waals surface area contributed by atoms with Gasteiger partial charge in [-0.2, -0.15) is 0 Å². The first-order valence-corrected chi connectivity index (χ1v) is 8.99. The van der Waals surface area contributed by atoms with Crippen molar-refractivity contribution < 1.29 is 14.3 Å². The Bertz CT molecular complexity index is 773. The molecule has 3 rings (SSSR count). The van der Waals surface area contributed by atoms with Gasteiger partial charge in [0.1, 0.15) is 0 Å². The molecule has 25 heavy (non-hydrogen) atoms. The molecule has 0 aliphatic heterocycles. The van der Waals surface area contributed by atoms with E-state index in [0.717, 1.165) is 42.3 Å². The van der Waals surface area contributed by atoms with Gasteiger partial charge in [0.2, 0.25) is 0 Å². The quantitative estimate of drug-likeness (QED) is 0.670. The smallest absolute Gasteiger partial charge is 0.340 e. The molecule has 1 aromatic carbocycles. The molecule has 1 fully saturated rings. The lowest BCUT2D eigenvalue weighted by molar-refractivity contribution is 0.0491. The number of hydrogen-bond acceptors (Lipinski definition) is 4. The number of methoxy groups -OCH3 is 2. The van der Waals surface area contributed by atoms with Crippen molar-refractivity contribution in [3.8, 4) is 0 Å². The molecule has 1 aromatic heterocycles. The van der Waals surface area contributed by atoms with Gasteiger partial charge in [0.05, 0.1) is 18.8 Å². The van der Waals surface area contributed by atoms with E-state index in [-0.39, 0.29) is 5.97 Å². The zero-order valence-corrected chi connectivity index (χ0v) is 15.5. The molecule has 1 aliphatic carbocycles. The summed E-state index contributed by atoms with van der Waals surface area (Å²) in [7, 11) is 3.22. The lowest BCUT2D eigenvalue weighted by atomic mass is 9.83. The average Bonchev–Trinajstić information content (AvgIpc) is 2.91. The maximum atomic E-state index is 12.4. The number of esters is 1. The second kappa shape index (κ2) is 7.08. The lowest BCUT2D eigenvalue weighted by Gasteiger charge is -2.33. The van der Waals surface area contributed by atoms with Crippen LogP contribution in [0.1, 0.15) is 54.7 Å². The average molecular weight is 344 g/mol. The number of aromatic nitrogens is 1. The number of nitrogen functional groups attached to an aromatic ring is 1. The zero-order chi connectivity index (χ0) is 18.1. The van der Waals surface area contributed by atoms with E-state index in [9.17, 15) is 4.79 Å². The van der Waals surface area contributed by atoms with Gasteiger partial charge in [-0.25, -0.2) is 4.79 Å². The van der Waals surface area contributed by atoms with Gasteiger partial charge in [-0.15, -0.1) is 0 Å².